The van der Waals surface area contributed by atoms with Crippen LogP contribution in [0.4, 0.5) is 17.6 Å². The zero-order valence-corrected chi connectivity index (χ0v) is 20.6. The molecule has 6 rings (SSSR count). The summed E-state index contributed by atoms with van der Waals surface area (Å²) in [4.78, 5) is 14.1. The third kappa shape index (κ3) is 3.63. The van der Waals surface area contributed by atoms with Gasteiger partial charge in [-0.1, -0.05) is 35.3 Å². The number of benzene rings is 2. The van der Waals surface area contributed by atoms with Gasteiger partial charge >= 0.3 is 6.18 Å². The van der Waals surface area contributed by atoms with Crippen LogP contribution in [0.3, 0.4) is 0 Å². The molecule has 1 spiro atoms. The molecule has 3 heterocycles. The summed E-state index contributed by atoms with van der Waals surface area (Å²) in [7, 11) is 0. The molecule has 1 unspecified atom stereocenters. The van der Waals surface area contributed by atoms with Gasteiger partial charge in [-0.05, 0) is 64.3 Å². The van der Waals surface area contributed by atoms with E-state index >= 15 is 0 Å². The van der Waals surface area contributed by atoms with Gasteiger partial charge in [-0.2, -0.15) is 13.2 Å². The van der Waals surface area contributed by atoms with Gasteiger partial charge in [0.1, 0.15) is 10.3 Å². The third-order valence-electron chi connectivity index (χ3n) is 7.35. The molecule has 0 bridgehead atoms. The molecule has 1 atom stereocenters. The Morgan fingerprint density at radius 3 is 2.43 bits per heavy atom. The van der Waals surface area contributed by atoms with E-state index in [1.807, 2.05) is 23.1 Å². The molecule has 2 aromatic carbocycles. The van der Waals surface area contributed by atoms with Crippen molar-refractivity contribution in [1.29, 1.82) is 0 Å². The number of amides is 1. The molecule has 184 valence electrons. The Bertz CT molecular complexity index is 1260. The van der Waals surface area contributed by atoms with E-state index in [0.717, 1.165) is 36.1 Å². The van der Waals surface area contributed by atoms with E-state index in [1.54, 1.807) is 0 Å². The van der Waals surface area contributed by atoms with E-state index in [9.17, 15) is 22.4 Å². The van der Waals surface area contributed by atoms with Gasteiger partial charge in [0.2, 0.25) is 5.91 Å². The summed E-state index contributed by atoms with van der Waals surface area (Å²) < 4.78 is 60.9. The van der Waals surface area contributed by atoms with Crippen LogP contribution in [0, 0.1) is 11.7 Å². The minimum atomic E-state index is -4.63. The lowest BCUT2D eigenvalue weighted by atomic mass is 9.83. The Hall–Kier alpha value is -1.74. The van der Waals surface area contributed by atoms with E-state index in [1.165, 1.54) is 5.41 Å². The van der Waals surface area contributed by atoms with E-state index < -0.39 is 32.4 Å². The summed E-state index contributed by atoms with van der Waals surface area (Å²) in [6, 6.07) is 7.60. The van der Waals surface area contributed by atoms with Gasteiger partial charge in [0, 0.05) is 12.3 Å². The van der Waals surface area contributed by atoms with Gasteiger partial charge in [-0.15, -0.1) is 11.8 Å². The number of carbonyl (C=O) groups is 1. The van der Waals surface area contributed by atoms with Gasteiger partial charge in [0.15, 0.2) is 5.82 Å². The minimum absolute atomic E-state index is 0.155. The van der Waals surface area contributed by atoms with Gasteiger partial charge in [-0.25, -0.2) is 4.39 Å². The normalized spacial score (nSPS) is 25.0. The highest BCUT2D eigenvalue weighted by Crippen LogP contribution is 2.60. The van der Waals surface area contributed by atoms with Crippen LogP contribution in [0.15, 0.2) is 35.7 Å². The van der Waals surface area contributed by atoms with Crippen molar-refractivity contribution in [1.82, 2.24) is 4.90 Å². The smallest absolute Gasteiger partial charge is 0.362 e. The van der Waals surface area contributed by atoms with Crippen LogP contribution in [0.25, 0.3) is 5.57 Å². The molecule has 35 heavy (non-hydrogen) atoms. The van der Waals surface area contributed by atoms with Crippen molar-refractivity contribution in [3.05, 3.63) is 73.9 Å². The maximum absolute atomic E-state index is 14.4. The predicted octanol–water partition coefficient (Wildman–Crippen LogP) is 7.05. The summed E-state index contributed by atoms with van der Waals surface area (Å²) in [6.07, 6.45) is -3.07. The maximum atomic E-state index is 14.4. The first-order valence-corrected chi connectivity index (χ1v) is 12.8. The molecule has 3 aliphatic heterocycles. The van der Waals surface area contributed by atoms with Crippen molar-refractivity contribution in [2.24, 2.45) is 5.92 Å². The fraction of sp³-hybridized carbons (Fsp3) is 0.400. The summed E-state index contributed by atoms with van der Waals surface area (Å²) in [5, 5.41) is 0.616. The Labute approximate surface area is 213 Å². The predicted molar refractivity (Wildman–Crippen MR) is 127 cm³/mol. The molecule has 3 nitrogen and oxygen atoms in total. The van der Waals surface area contributed by atoms with Crippen LogP contribution in [0.2, 0.25) is 10.0 Å². The molecule has 0 aromatic heterocycles. The number of allylic oxidation sites excluding steroid dienone is 1. The van der Waals surface area contributed by atoms with E-state index in [4.69, 9.17) is 27.9 Å². The summed E-state index contributed by atoms with van der Waals surface area (Å²) >= 11 is 12.3. The molecular weight excluding hydrogens is 525 g/mol. The van der Waals surface area contributed by atoms with Gasteiger partial charge < -0.3 is 9.64 Å². The van der Waals surface area contributed by atoms with Crippen LogP contribution in [0.1, 0.15) is 41.5 Å². The molecular formula is C25H19Cl2F4NO2S. The third-order valence-corrected chi connectivity index (χ3v) is 9.32. The molecule has 4 aliphatic rings. The van der Waals surface area contributed by atoms with Crippen LogP contribution >= 0.6 is 35.0 Å². The molecule has 1 aliphatic carbocycles. The highest BCUT2D eigenvalue weighted by molar-refractivity contribution is 8.03. The molecule has 1 saturated heterocycles. The Morgan fingerprint density at radius 1 is 1.11 bits per heavy atom. The first-order chi connectivity index (χ1) is 16.5. The quantitative estimate of drug-likeness (QED) is 0.307. The minimum Gasteiger partial charge on any atom is -0.362 e. The zero-order chi connectivity index (χ0) is 24.8. The Kier molecular flexibility index (Phi) is 5.32. The Morgan fingerprint density at radius 2 is 1.80 bits per heavy atom. The maximum Gasteiger partial charge on any atom is 0.407 e. The van der Waals surface area contributed by atoms with Gasteiger partial charge in [-0.3, -0.25) is 4.79 Å². The van der Waals surface area contributed by atoms with Crippen molar-refractivity contribution >= 4 is 46.4 Å². The zero-order valence-electron chi connectivity index (χ0n) is 18.2. The lowest BCUT2D eigenvalue weighted by Crippen LogP contribution is -2.61. The van der Waals surface area contributed by atoms with E-state index in [0.29, 0.717) is 42.6 Å². The van der Waals surface area contributed by atoms with Gasteiger partial charge in [0.05, 0.1) is 29.7 Å². The average Bonchev–Trinajstić information content (AvgIpc) is 3.40. The second kappa shape index (κ2) is 7.88. The van der Waals surface area contributed by atoms with Crippen molar-refractivity contribution < 1.29 is 27.1 Å². The lowest BCUT2D eigenvalue weighted by molar-refractivity contribution is -0.169. The van der Waals surface area contributed by atoms with E-state index in [2.05, 4.69) is 0 Å². The number of likely N-dealkylation sites (tertiary alicyclic amines) is 1. The highest BCUT2D eigenvalue weighted by atomic mass is 35.5. The van der Waals surface area contributed by atoms with Crippen LogP contribution in [0.5, 0.6) is 0 Å². The monoisotopic (exact) mass is 543 g/mol. The number of halogens is 6. The second-order valence-electron chi connectivity index (χ2n) is 9.64. The molecule has 2 aromatic rings. The molecule has 1 amide bonds. The average molecular weight is 544 g/mol. The summed E-state index contributed by atoms with van der Waals surface area (Å²) in [5.74, 6) is -0.601. The number of hydrogen-bond acceptors (Lipinski definition) is 3. The largest absolute Gasteiger partial charge is 0.407 e. The Balaban J connectivity index is 1.26. The molecule has 10 heteroatoms. The molecule has 0 radical (unpaired) electrons. The second-order valence-corrected chi connectivity index (χ2v) is 11.6. The number of alkyl halides is 3. The fourth-order valence-corrected chi connectivity index (χ4v) is 6.89. The first kappa shape index (κ1) is 23.6. The lowest BCUT2D eigenvalue weighted by Gasteiger charge is -2.47. The standard InChI is InChI=1S/C25H19Cl2F4NO2S/c26-19-6-17(7-20(27)21(19)28)24(25(29,30)31)8-16(10-35-24)14-3-4-18-15(5-14)9-34-23(18)11-32(12-23)22(33)13-1-2-13/h3-7,10,13H,1-2,8-9,11-12H2. The highest BCUT2D eigenvalue weighted by Gasteiger charge is 2.59. The van der Waals surface area contributed by atoms with Crippen molar-refractivity contribution in [2.45, 2.75) is 42.4 Å². The number of nitrogens with zero attached hydrogens (tertiary/aromatic N) is 1. The molecule has 1 saturated carbocycles. The number of thioether (sulfide) groups is 1. The van der Waals surface area contributed by atoms with Crippen LogP contribution < -0.4 is 0 Å². The van der Waals surface area contributed by atoms with Crippen molar-refractivity contribution in [3.63, 3.8) is 0 Å². The number of carbonyl (C=O) groups excluding carboxylic acids is 1. The van der Waals surface area contributed by atoms with Crippen LogP contribution in [-0.2, 0) is 26.5 Å². The van der Waals surface area contributed by atoms with Crippen molar-refractivity contribution in [2.75, 3.05) is 13.1 Å². The van der Waals surface area contributed by atoms with E-state index in [-0.39, 0.29) is 23.8 Å². The summed E-state index contributed by atoms with van der Waals surface area (Å²) in [5.41, 5.74) is 2.40. The fourth-order valence-electron chi connectivity index (χ4n) is 5.21. The van der Waals surface area contributed by atoms with Gasteiger partial charge in [0.25, 0.3) is 0 Å². The van der Waals surface area contributed by atoms with Crippen LogP contribution in [-0.4, -0.2) is 30.1 Å². The molecule has 0 N–H and O–H groups in total. The number of rotatable bonds is 3. The SMILES string of the molecule is O=C(C1CC1)N1CC2(C1)OCc1cc(C3=CSC(c4cc(Cl)c(F)c(Cl)c4)(C(F)(F)F)C3)ccc12. The number of fused-ring (bicyclic) bond motifs is 2. The number of ether oxygens (including phenoxy) is 1. The number of hydrogen-bond donors (Lipinski definition) is 0. The summed E-state index contributed by atoms with van der Waals surface area (Å²) in [6.45, 7) is 1.37. The molecule has 2 fully saturated rings. The topological polar surface area (TPSA) is 29.5 Å². The first-order valence-electron chi connectivity index (χ1n) is 11.2. The van der Waals surface area contributed by atoms with Crippen molar-refractivity contribution in [3.8, 4) is 0 Å².